The monoisotopic (exact) mass is 358 g/mol. The summed E-state index contributed by atoms with van der Waals surface area (Å²) in [6.45, 7) is 3.53. The number of rotatable bonds is 8. The van der Waals surface area contributed by atoms with Crippen LogP contribution in [-0.4, -0.2) is 45.6 Å². The number of carbonyl (C=O) groups excluding carboxylic acids is 1. The van der Waals surface area contributed by atoms with Crippen molar-refractivity contribution in [2.45, 2.75) is 31.2 Å². The fourth-order valence-electron chi connectivity index (χ4n) is 2.05. The number of hydrogen-bond acceptors (Lipinski definition) is 5. The van der Waals surface area contributed by atoms with Crippen molar-refractivity contribution in [1.29, 1.82) is 0 Å². The number of carboxylic acid groups (broad SMARTS) is 1. The molecule has 0 radical (unpaired) electrons. The Morgan fingerprint density at radius 1 is 1.33 bits per heavy atom. The Morgan fingerprint density at radius 3 is 2.42 bits per heavy atom. The number of hydrogen-bond donors (Lipinski definition) is 3. The molecule has 134 valence electrons. The van der Waals surface area contributed by atoms with Crippen LogP contribution in [0.4, 0.5) is 0 Å². The zero-order valence-corrected chi connectivity index (χ0v) is 14.8. The van der Waals surface area contributed by atoms with Gasteiger partial charge < -0.3 is 15.2 Å². The quantitative estimate of drug-likeness (QED) is 0.633. The molecular weight excluding hydrogens is 336 g/mol. The average Bonchev–Trinajstić information content (AvgIpc) is 2.57. The van der Waals surface area contributed by atoms with E-state index in [1.54, 1.807) is 6.92 Å². The molecule has 9 heteroatoms. The summed E-state index contributed by atoms with van der Waals surface area (Å²) in [5.41, 5.74) is 0.0270. The molecule has 0 aliphatic heterocycles. The van der Waals surface area contributed by atoms with Crippen LogP contribution in [0.3, 0.4) is 0 Å². The smallest absolute Gasteiger partial charge is 0.326 e. The van der Waals surface area contributed by atoms with Gasteiger partial charge in [-0.3, -0.25) is 4.79 Å². The summed E-state index contributed by atoms with van der Waals surface area (Å²) < 4.78 is 31.2. The summed E-state index contributed by atoms with van der Waals surface area (Å²) in [7, 11) is -1.28. The Hall–Kier alpha value is -2.13. The Balaban J connectivity index is 3.21. The van der Waals surface area contributed by atoms with Crippen molar-refractivity contribution < 1.29 is 27.9 Å². The molecule has 0 heterocycles. The van der Waals surface area contributed by atoms with E-state index in [1.807, 2.05) is 6.92 Å². The molecule has 1 amide bonds. The van der Waals surface area contributed by atoms with Crippen LogP contribution in [0.15, 0.2) is 23.1 Å². The van der Waals surface area contributed by atoms with Gasteiger partial charge >= 0.3 is 5.97 Å². The zero-order chi connectivity index (χ0) is 18.5. The maximum absolute atomic E-state index is 12.3. The molecule has 1 aromatic carbocycles. The van der Waals surface area contributed by atoms with Gasteiger partial charge in [-0.15, -0.1) is 0 Å². The molecular formula is C15H22N2O6S. The summed E-state index contributed by atoms with van der Waals surface area (Å²) in [5.74, 6) is -2.00. The van der Waals surface area contributed by atoms with Crippen LogP contribution in [0.5, 0.6) is 5.75 Å². The number of ether oxygens (including phenoxy) is 1. The van der Waals surface area contributed by atoms with Gasteiger partial charge in [0, 0.05) is 5.56 Å². The lowest BCUT2D eigenvalue weighted by Gasteiger charge is -2.20. The van der Waals surface area contributed by atoms with Gasteiger partial charge in [-0.2, -0.15) is 0 Å². The standard InChI is InChI=1S/C15H22N2O6S/c1-5-9(2)13(15(19)20)17-14(18)10-6-7-11(23-4)12(8-10)24(21,22)16-3/h6-9,13,16H,5H2,1-4H3,(H,17,18)(H,19,20)/t9-,13-/m0/s1. The van der Waals surface area contributed by atoms with Crippen LogP contribution in [-0.2, 0) is 14.8 Å². The molecule has 0 aliphatic carbocycles. The van der Waals surface area contributed by atoms with E-state index in [-0.39, 0.29) is 22.1 Å². The predicted octanol–water partition coefficient (Wildman–Crippen LogP) is 0.832. The number of methoxy groups -OCH3 is 1. The van der Waals surface area contributed by atoms with Crippen LogP contribution >= 0.6 is 0 Å². The first-order valence-corrected chi connectivity index (χ1v) is 8.81. The van der Waals surface area contributed by atoms with Crippen LogP contribution in [0.25, 0.3) is 0 Å². The van der Waals surface area contributed by atoms with Crippen molar-refractivity contribution in [2.75, 3.05) is 14.2 Å². The lowest BCUT2D eigenvalue weighted by atomic mass is 9.99. The number of carbonyl (C=O) groups is 2. The van der Waals surface area contributed by atoms with Gasteiger partial charge in [0.2, 0.25) is 10.0 Å². The second-order valence-electron chi connectivity index (χ2n) is 5.25. The van der Waals surface area contributed by atoms with Gasteiger partial charge in [0.1, 0.15) is 16.7 Å². The van der Waals surface area contributed by atoms with Crippen LogP contribution in [0, 0.1) is 5.92 Å². The SMILES string of the molecule is CC[C@H](C)[C@H](NC(=O)c1ccc(OC)c(S(=O)(=O)NC)c1)C(=O)O. The number of benzene rings is 1. The second kappa shape index (κ2) is 8.11. The van der Waals surface area contributed by atoms with E-state index in [0.717, 1.165) is 6.07 Å². The highest BCUT2D eigenvalue weighted by molar-refractivity contribution is 7.89. The van der Waals surface area contributed by atoms with Gasteiger partial charge in [-0.05, 0) is 31.2 Å². The summed E-state index contributed by atoms with van der Waals surface area (Å²) in [6, 6.07) is 2.81. The predicted molar refractivity (Wildman–Crippen MR) is 87.6 cm³/mol. The van der Waals surface area contributed by atoms with Gasteiger partial charge in [0.05, 0.1) is 7.11 Å². The van der Waals surface area contributed by atoms with E-state index in [9.17, 15) is 23.1 Å². The van der Waals surface area contributed by atoms with Crippen molar-refractivity contribution in [3.05, 3.63) is 23.8 Å². The molecule has 1 rings (SSSR count). The summed E-state index contributed by atoms with van der Waals surface area (Å²) in [5, 5.41) is 11.7. The fraction of sp³-hybridized carbons (Fsp3) is 0.467. The number of aliphatic carboxylic acids is 1. The topological polar surface area (TPSA) is 122 Å². The average molecular weight is 358 g/mol. The van der Waals surface area contributed by atoms with Crippen molar-refractivity contribution in [3.63, 3.8) is 0 Å². The molecule has 1 aromatic rings. The zero-order valence-electron chi connectivity index (χ0n) is 14.0. The van der Waals surface area contributed by atoms with Crippen molar-refractivity contribution in [2.24, 2.45) is 5.92 Å². The maximum Gasteiger partial charge on any atom is 0.326 e. The van der Waals surface area contributed by atoms with Crippen LogP contribution < -0.4 is 14.8 Å². The highest BCUT2D eigenvalue weighted by Crippen LogP contribution is 2.24. The Bertz CT molecular complexity index is 717. The van der Waals surface area contributed by atoms with E-state index in [4.69, 9.17) is 4.74 Å². The van der Waals surface area contributed by atoms with Gasteiger partial charge in [0.15, 0.2) is 0 Å². The molecule has 0 saturated heterocycles. The van der Waals surface area contributed by atoms with Gasteiger partial charge in [0.25, 0.3) is 5.91 Å². The largest absolute Gasteiger partial charge is 0.495 e. The van der Waals surface area contributed by atoms with Gasteiger partial charge in [-0.1, -0.05) is 20.3 Å². The summed E-state index contributed by atoms with van der Waals surface area (Å²) in [6.07, 6.45) is 0.569. The third-order valence-corrected chi connectivity index (χ3v) is 5.19. The van der Waals surface area contributed by atoms with Crippen molar-refractivity contribution in [1.82, 2.24) is 10.0 Å². The first-order valence-electron chi connectivity index (χ1n) is 7.33. The first-order chi connectivity index (χ1) is 11.2. The summed E-state index contributed by atoms with van der Waals surface area (Å²) in [4.78, 5) is 23.4. The van der Waals surface area contributed by atoms with E-state index in [2.05, 4.69) is 10.0 Å². The first kappa shape index (κ1) is 19.9. The number of sulfonamides is 1. The third-order valence-electron chi connectivity index (χ3n) is 3.75. The third kappa shape index (κ3) is 4.45. The maximum atomic E-state index is 12.3. The Morgan fingerprint density at radius 2 is 1.96 bits per heavy atom. The van der Waals surface area contributed by atoms with E-state index >= 15 is 0 Å². The molecule has 0 bridgehead atoms. The minimum Gasteiger partial charge on any atom is -0.495 e. The van der Waals surface area contributed by atoms with Crippen molar-refractivity contribution >= 4 is 21.9 Å². The number of amides is 1. The molecule has 8 nitrogen and oxygen atoms in total. The van der Waals surface area contributed by atoms with Crippen LogP contribution in [0.1, 0.15) is 30.6 Å². The summed E-state index contributed by atoms with van der Waals surface area (Å²) >= 11 is 0. The minimum atomic E-state index is -3.83. The minimum absolute atomic E-state index is 0.0270. The van der Waals surface area contributed by atoms with Crippen molar-refractivity contribution in [3.8, 4) is 5.75 Å². The Labute approximate surface area is 141 Å². The molecule has 2 atom stereocenters. The lowest BCUT2D eigenvalue weighted by molar-refractivity contribution is -0.140. The molecule has 24 heavy (non-hydrogen) atoms. The number of carboxylic acids is 1. The molecule has 0 saturated carbocycles. The molecule has 0 aliphatic rings. The second-order valence-corrected chi connectivity index (χ2v) is 7.10. The van der Waals surface area contributed by atoms with E-state index < -0.39 is 27.9 Å². The molecule has 3 N–H and O–H groups in total. The van der Waals surface area contributed by atoms with Gasteiger partial charge in [-0.25, -0.2) is 17.9 Å². The number of nitrogens with one attached hydrogen (secondary N) is 2. The van der Waals surface area contributed by atoms with E-state index in [0.29, 0.717) is 6.42 Å². The molecule has 0 aromatic heterocycles. The fourth-order valence-corrected chi connectivity index (χ4v) is 2.96. The Kier molecular flexibility index (Phi) is 6.73. The normalized spacial score (nSPS) is 13.8. The van der Waals surface area contributed by atoms with E-state index in [1.165, 1.54) is 26.3 Å². The highest BCUT2D eigenvalue weighted by Gasteiger charge is 2.27. The lowest BCUT2D eigenvalue weighted by Crippen LogP contribution is -2.45. The molecule has 0 unspecified atom stereocenters. The molecule has 0 spiro atoms. The van der Waals surface area contributed by atoms with Crippen LogP contribution in [0.2, 0.25) is 0 Å². The highest BCUT2D eigenvalue weighted by atomic mass is 32.2. The molecule has 0 fully saturated rings.